The fourth-order valence-electron chi connectivity index (χ4n) is 4.39. The van der Waals surface area contributed by atoms with Crippen LogP contribution >= 0.6 is 0 Å². The fourth-order valence-corrected chi connectivity index (χ4v) is 4.39. The maximum atomic E-state index is 14.3. The van der Waals surface area contributed by atoms with Crippen molar-refractivity contribution in [1.82, 2.24) is 9.80 Å². The van der Waals surface area contributed by atoms with Crippen LogP contribution in [0.15, 0.2) is 54.2 Å². The average Bonchev–Trinajstić information content (AvgIpc) is 3.04. The van der Waals surface area contributed by atoms with Crippen LogP contribution < -0.4 is 4.74 Å². The highest BCUT2D eigenvalue weighted by atomic mass is 19.1. The molecule has 0 aliphatic carbocycles. The molecule has 32 heavy (non-hydrogen) atoms. The summed E-state index contributed by atoms with van der Waals surface area (Å²) >= 11 is 0. The van der Waals surface area contributed by atoms with Gasteiger partial charge in [-0.1, -0.05) is 44.2 Å². The Kier molecular flexibility index (Phi) is 6.58. The van der Waals surface area contributed by atoms with Crippen molar-refractivity contribution in [1.29, 1.82) is 0 Å². The first-order chi connectivity index (χ1) is 15.5. The molecule has 1 fully saturated rings. The Balaban J connectivity index is 1.70. The van der Waals surface area contributed by atoms with Gasteiger partial charge in [-0.2, -0.15) is 0 Å². The predicted octanol–water partition coefficient (Wildman–Crippen LogP) is 4.63. The van der Waals surface area contributed by atoms with E-state index in [2.05, 4.69) is 6.92 Å². The van der Waals surface area contributed by atoms with Gasteiger partial charge in [0.05, 0.1) is 18.7 Å². The number of piperidine rings is 1. The van der Waals surface area contributed by atoms with E-state index in [1.165, 1.54) is 11.0 Å². The smallest absolute Gasteiger partial charge is 0.278 e. The van der Waals surface area contributed by atoms with Crippen molar-refractivity contribution in [3.63, 3.8) is 0 Å². The molecule has 0 spiro atoms. The second-order valence-electron chi connectivity index (χ2n) is 8.58. The molecule has 1 unspecified atom stereocenters. The van der Waals surface area contributed by atoms with Crippen LogP contribution in [0, 0.1) is 11.7 Å². The Morgan fingerprint density at radius 3 is 2.50 bits per heavy atom. The molecule has 4 rings (SSSR count). The molecule has 2 heterocycles. The zero-order valence-corrected chi connectivity index (χ0v) is 18.6. The summed E-state index contributed by atoms with van der Waals surface area (Å²) in [7, 11) is 0. The Morgan fingerprint density at radius 2 is 1.81 bits per heavy atom. The molecular formula is C26H29FN2O3. The summed E-state index contributed by atoms with van der Waals surface area (Å²) in [4.78, 5) is 30.2. The average molecular weight is 437 g/mol. The number of hydrogen-bond acceptors (Lipinski definition) is 4. The Bertz CT molecular complexity index is 1030. The molecule has 1 saturated heterocycles. The molecule has 0 bridgehead atoms. The van der Waals surface area contributed by atoms with E-state index in [1.807, 2.05) is 36.1 Å². The van der Waals surface area contributed by atoms with E-state index < -0.39 is 5.82 Å². The molecule has 2 aliphatic heterocycles. The van der Waals surface area contributed by atoms with E-state index in [0.717, 1.165) is 38.1 Å². The van der Waals surface area contributed by atoms with Gasteiger partial charge in [-0.3, -0.25) is 14.5 Å². The molecule has 2 aromatic carbocycles. The van der Waals surface area contributed by atoms with Gasteiger partial charge in [0.1, 0.15) is 17.3 Å². The van der Waals surface area contributed by atoms with Gasteiger partial charge in [-0.15, -0.1) is 0 Å². The van der Waals surface area contributed by atoms with E-state index >= 15 is 0 Å². The Labute approximate surface area is 188 Å². The molecule has 168 valence electrons. The fraction of sp³-hybridized carbons (Fsp3) is 0.385. The van der Waals surface area contributed by atoms with E-state index in [9.17, 15) is 14.0 Å². The number of hydrogen-bond donors (Lipinski definition) is 0. The van der Waals surface area contributed by atoms with Gasteiger partial charge in [0.15, 0.2) is 0 Å². The summed E-state index contributed by atoms with van der Waals surface area (Å²) in [6, 6.07) is 13.6. The number of halogens is 1. The van der Waals surface area contributed by atoms with Crippen molar-refractivity contribution in [2.75, 3.05) is 19.7 Å². The molecule has 0 radical (unpaired) electrons. The lowest BCUT2D eigenvalue weighted by molar-refractivity contribution is -0.138. The second-order valence-corrected chi connectivity index (χ2v) is 8.58. The van der Waals surface area contributed by atoms with Gasteiger partial charge in [0, 0.05) is 18.7 Å². The van der Waals surface area contributed by atoms with Crippen LogP contribution in [-0.4, -0.2) is 41.3 Å². The predicted molar refractivity (Wildman–Crippen MR) is 121 cm³/mol. The first-order valence-corrected chi connectivity index (χ1v) is 11.3. The zero-order valence-electron chi connectivity index (χ0n) is 18.6. The van der Waals surface area contributed by atoms with Crippen LogP contribution in [0.5, 0.6) is 5.75 Å². The van der Waals surface area contributed by atoms with Crippen molar-refractivity contribution in [3.8, 4) is 5.75 Å². The minimum Gasteiger partial charge on any atom is -0.494 e. The van der Waals surface area contributed by atoms with Gasteiger partial charge in [-0.05, 0) is 48.9 Å². The lowest BCUT2D eigenvalue weighted by Crippen LogP contribution is -2.39. The number of likely N-dealkylation sites (tertiary alicyclic amines) is 1. The number of benzene rings is 2. The number of nitrogens with zero attached hydrogens (tertiary/aromatic N) is 2. The van der Waals surface area contributed by atoms with Crippen LogP contribution in [0.4, 0.5) is 4.39 Å². The summed E-state index contributed by atoms with van der Waals surface area (Å²) in [6.07, 6.45) is 2.97. The standard InChI is InChI=1S/C26H29FN2O3/c1-3-15-32-21-12-10-19(11-13-21)23-24(28-14-6-7-18(2)16-28)26(31)29(25(23)30)17-20-8-4-5-9-22(20)27/h4-5,8-13,18H,3,6-7,14-17H2,1-2H3. The molecule has 2 amide bonds. The zero-order chi connectivity index (χ0) is 22.7. The van der Waals surface area contributed by atoms with Crippen molar-refractivity contribution in [3.05, 3.63) is 71.2 Å². The molecule has 2 aliphatic rings. The maximum Gasteiger partial charge on any atom is 0.278 e. The number of rotatable bonds is 7. The van der Waals surface area contributed by atoms with Gasteiger partial charge in [-0.25, -0.2) is 4.39 Å². The molecule has 0 aromatic heterocycles. The maximum absolute atomic E-state index is 14.3. The SMILES string of the molecule is CCCOc1ccc(C2=C(N3CCCC(C)C3)C(=O)N(Cc3ccccc3F)C2=O)cc1. The summed E-state index contributed by atoms with van der Waals surface area (Å²) in [5.74, 6) is 0.00431. The number of ether oxygens (including phenoxy) is 1. The van der Waals surface area contributed by atoms with Crippen LogP contribution in [0.25, 0.3) is 5.57 Å². The number of amides is 2. The molecule has 1 atom stereocenters. The normalized spacial score (nSPS) is 19.2. The molecule has 2 aromatic rings. The minimum atomic E-state index is -0.424. The molecule has 0 N–H and O–H groups in total. The van der Waals surface area contributed by atoms with Gasteiger partial charge in [0.2, 0.25) is 0 Å². The third kappa shape index (κ3) is 4.40. The quantitative estimate of drug-likeness (QED) is 0.594. The van der Waals surface area contributed by atoms with E-state index in [4.69, 9.17) is 4.74 Å². The molecule has 5 nitrogen and oxygen atoms in total. The van der Waals surface area contributed by atoms with E-state index in [1.54, 1.807) is 18.2 Å². The number of carbonyl (C=O) groups is 2. The summed E-state index contributed by atoms with van der Waals surface area (Å²) in [6.45, 7) is 6.18. The Morgan fingerprint density at radius 1 is 1.06 bits per heavy atom. The van der Waals surface area contributed by atoms with Crippen LogP contribution in [-0.2, 0) is 16.1 Å². The highest BCUT2D eigenvalue weighted by Gasteiger charge is 2.42. The van der Waals surface area contributed by atoms with Gasteiger partial charge in [0.25, 0.3) is 11.8 Å². The van der Waals surface area contributed by atoms with Crippen LogP contribution in [0.1, 0.15) is 44.2 Å². The highest BCUT2D eigenvalue weighted by molar-refractivity contribution is 6.35. The summed E-state index contributed by atoms with van der Waals surface area (Å²) in [5.41, 5.74) is 1.82. The number of imide groups is 1. The van der Waals surface area contributed by atoms with Crippen molar-refractivity contribution in [2.24, 2.45) is 5.92 Å². The van der Waals surface area contributed by atoms with Crippen LogP contribution in [0.2, 0.25) is 0 Å². The lowest BCUT2D eigenvalue weighted by atomic mass is 9.97. The summed E-state index contributed by atoms with van der Waals surface area (Å²) in [5, 5.41) is 0. The first kappa shape index (κ1) is 22.1. The van der Waals surface area contributed by atoms with Crippen molar-refractivity contribution in [2.45, 2.75) is 39.7 Å². The third-order valence-electron chi connectivity index (χ3n) is 6.02. The van der Waals surface area contributed by atoms with Crippen molar-refractivity contribution < 1.29 is 18.7 Å². The van der Waals surface area contributed by atoms with Crippen molar-refractivity contribution >= 4 is 17.4 Å². The molecule has 6 heteroatoms. The van der Waals surface area contributed by atoms with E-state index in [-0.39, 0.29) is 18.4 Å². The van der Waals surface area contributed by atoms with Crippen LogP contribution in [0.3, 0.4) is 0 Å². The van der Waals surface area contributed by atoms with Gasteiger partial charge >= 0.3 is 0 Å². The lowest BCUT2D eigenvalue weighted by Gasteiger charge is -2.33. The first-order valence-electron chi connectivity index (χ1n) is 11.3. The topological polar surface area (TPSA) is 49.9 Å². The molecule has 0 saturated carbocycles. The Hall–Kier alpha value is -3.15. The largest absolute Gasteiger partial charge is 0.494 e. The monoisotopic (exact) mass is 436 g/mol. The highest BCUT2D eigenvalue weighted by Crippen LogP contribution is 2.35. The second kappa shape index (κ2) is 9.55. The van der Waals surface area contributed by atoms with E-state index in [0.29, 0.717) is 34.9 Å². The van der Waals surface area contributed by atoms with Gasteiger partial charge < -0.3 is 9.64 Å². The summed E-state index contributed by atoms with van der Waals surface area (Å²) < 4.78 is 19.9. The molecular weight excluding hydrogens is 407 g/mol. The number of carbonyl (C=O) groups excluding carboxylic acids is 2. The third-order valence-corrected chi connectivity index (χ3v) is 6.02. The minimum absolute atomic E-state index is 0.0849.